The topological polar surface area (TPSA) is 42.0 Å². The smallest absolute Gasteiger partial charge is 0.349 e. The molecule has 1 aromatic rings. The molecule has 2 rings (SSSR count). The Bertz CT molecular complexity index is 529. The number of aromatic nitrogens is 1. The van der Waals surface area contributed by atoms with Gasteiger partial charge in [-0.2, -0.15) is 13.2 Å². The second-order valence-corrected chi connectivity index (χ2v) is 5.83. The number of hydrogen-bond acceptors (Lipinski definition) is 2. The van der Waals surface area contributed by atoms with Gasteiger partial charge in [0.05, 0.1) is 16.5 Å². The Labute approximate surface area is 129 Å². The van der Waals surface area contributed by atoms with Crippen molar-refractivity contribution in [2.75, 3.05) is 0 Å². The summed E-state index contributed by atoms with van der Waals surface area (Å²) in [4.78, 5) is 15.7. The monoisotopic (exact) mass is 340 g/mol. The van der Waals surface area contributed by atoms with E-state index in [4.69, 9.17) is 23.2 Å². The summed E-state index contributed by atoms with van der Waals surface area (Å²) in [6.45, 7) is 0. The average molecular weight is 341 g/mol. The van der Waals surface area contributed by atoms with Gasteiger partial charge in [-0.05, 0) is 31.7 Å². The summed E-state index contributed by atoms with van der Waals surface area (Å²) in [6.07, 6.45) is -2.18. The Morgan fingerprint density at radius 1 is 1.24 bits per heavy atom. The number of carbonyl (C=O) groups excluding carboxylic acids is 1. The molecule has 0 spiro atoms. The van der Waals surface area contributed by atoms with Gasteiger partial charge < -0.3 is 5.32 Å². The third kappa shape index (κ3) is 4.23. The van der Waals surface area contributed by atoms with Gasteiger partial charge in [-0.25, -0.2) is 4.98 Å². The lowest BCUT2D eigenvalue weighted by molar-refractivity contribution is -0.182. The molecule has 0 saturated heterocycles. The lowest BCUT2D eigenvalue weighted by Crippen LogP contribution is -2.40. The molecular weight excluding hydrogens is 328 g/mol. The fourth-order valence-corrected chi connectivity index (χ4v) is 2.65. The molecule has 1 N–H and O–H groups in total. The first-order valence-corrected chi connectivity index (χ1v) is 7.21. The number of halogens is 5. The Balaban J connectivity index is 1.91. The van der Waals surface area contributed by atoms with Gasteiger partial charge in [-0.3, -0.25) is 4.79 Å². The van der Waals surface area contributed by atoms with Crippen LogP contribution >= 0.6 is 23.2 Å². The molecule has 1 aromatic heterocycles. The van der Waals surface area contributed by atoms with E-state index in [2.05, 4.69) is 10.3 Å². The predicted octanol–water partition coefficient (Wildman–Crippen LogP) is 4.24. The standard InChI is InChI=1S/C13H13Cl2F3N2O/c14-10-5-7(6-19-11(10)15)12(21)20-9-3-1-8(2-4-9)13(16,17)18/h5-6,8-9H,1-4H2,(H,20,21). The van der Waals surface area contributed by atoms with Crippen LogP contribution in [-0.2, 0) is 0 Å². The quantitative estimate of drug-likeness (QED) is 0.818. The minimum Gasteiger partial charge on any atom is -0.349 e. The third-order valence-electron chi connectivity index (χ3n) is 3.58. The Kier molecular flexibility index (Phi) is 4.99. The van der Waals surface area contributed by atoms with Crippen LogP contribution in [0.4, 0.5) is 13.2 Å². The lowest BCUT2D eigenvalue weighted by Gasteiger charge is -2.30. The minimum atomic E-state index is -4.15. The first-order valence-electron chi connectivity index (χ1n) is 6.46. The van der Waals surface area contributed by atoms with Crippen LogP contribution in [0, 0.1) is 5.92 Å². The number of carbonyl (C=O) groups is 1. The largest absolute Gasteiger partial charge is 0.391 e. The van der Waals surface area contributed by atoms with E-state index < -0.39 is 18.0 Å². The van der Waals surface area contributed by atoms with Crippen molar-refractivity contribution in [1.29, 1.82) is 0 Å². The minimum absolute atomic E-state index is 0.0358. The Hall–Kier alpha value is -1.01. The summed E-state index contributed by atoms with van der Waals surface area (Å²) in [6, 6.07) is 1.12. The molecule has 1 amide bonds. The highest BCUT2D eigenvalue weighted by atomic mass is 35.5. The highest BCUT2D eigenvalue weighted by molar-refractivity contribution is 6.41. The summed E-state index contributed by atoms with van der Waals surface area (Å²) in [5, 5.41) is 2.96. The van der Waals surface area contributed by atoms with Crippen molar-refractivity contribution in [2.45, 2.75) is 37.9 Å². The predicted molar refractivity (Wildman–Crippen MR) is 73.5 cm³/mol. The van der Waals surface area contributed by atoms with Gasteiger partial charge in [0.25, 0.3) is 5.91 Å². The van der Waals surface area contributed by atoms with Gasteiger partial charge in [-0.1, -0.05) is 23.2 Å². The van der Waals surface area contributed by atoms with Crippen LogP contribution in [0.2, 0.25) is 10.2 Å². The van der Waals surface area contributed by atoms with Crippen LogP contribution in [-0.4, -0.2) is 23.1 Å². The maximum Gasteiger partial charge on any atom is 0.391 e. The highest BCUT2D eigenvalue weighted by Crippen LogP contribution is 2.37. The van der Waals surface area contributed by atoms with Gasteiger partial charge >= 0.3 is 6.18 Å². The zero-order chi connectivity index (χ0) is 15.6. The van der Waals surface area contributed by atoms with E-state index in [1.54, 1.807) is 0 Å². The molecule has 0 aliphatic heterocycles. The van der Waals surface area contributed by atoms with Crippen LogP contribution < -0.4 is 5.32 Å². The summed E-state index contributed by atoms with van der Waals surface area (Å²) in [5.41, 5.74) is 0.238. The van der Waals surface area contributed by atoms with Gasteiger partial charge in [0.2, 0.25) is 0 Å². The van der Waals surface area contributed by atoms with Gasteiger partial charge in [-0.15, -0.1) is 0 Å². The maximum absolute atomic E-state index is 12.6. The zero-order valence-electron chi connectivity index (χ0n) is 10.9. The van der Waals surface area contributed by atoms with E-state index in [-0.39, 0.29) is 34.6 Å². The Morgan fingerprint density at radius 3 is 2.38 bits per heavy atom. The van der Waals surface area contributed by atoms with Crippen LogP contribution in [0.15, 0.2) is 12.3 Å². The molecule has 116 valence electrons. The van der Waals surface area contributed by atoms with E-state index in [0.29, 0.717) is 12.8 Å². The molecule has 8 heteroatoms. The summed E-state index contributed by atoms with van der Waals surface area (Å²) in [5.74, 6) is -1.67. The van der Waals surface area contributed by atoms with Crippen molar-refractivity contribution >= 4 is 29.1 Å². The molecule has 1 heterocycles. The zero-order valence-corrected chi connectivity index (χ0v) is 12.4. The van der Waals surface area contributed by atoms with E-state index in [9.17, 15) is 18.0 Å². The van der Waals surface area contributed by atoms with Crippen LogP contribution in [0.25, 0.3) is 0 Å². The number of alkyl halides is 3. The molecule has 0 atom stereocenters. The molecule has 0 radical (unpaired) electrons. The summed E-state index contributed by atoms with van der Waals surface area (Å²) >= 11 is 11.4. The van der Waals surface area contributed by atoms with Gasteiger partial charge in [0.1, 0.15) is 5.15 Å². The van der Waals surface area contributed by atoms with Crippen molar-refractivity contribution in [2.24, 2.45) is 5.92 Å². The van der Waals surface area contributed by atoms with E-state index >= 15 is 0 Å². The summed E-state index contributed by atoms with van der Waals surface area (Å²) in [7, 11) is 0. The maximum atomic E-state index is 12.6. The average Bonchev–Trinajstić information content (AvgIpc) is 2.41. The lowest BCUT2D eigenvalue weighted by atomic mass is 9.85. The molecule has 1 fully saturated rings. The Morgan fingerprint density at radius 2 is 1.86 bits per heavy atom. The number of nitrogens with one attached hydrogen (secondary N) is 1. The second-order valence-electron chi connectivity index (χ2n) is 5.06. The molecule has 1 saturated carbocycles. The fraction of sp³-hybridized carbons (Fsp3) is 0.538. The molecule has 1 aliphatic carbocycles. The van der Waals surface area contributed by atoms with Gasteiger partial charge in [0, 0.05) is 12.2 Å². The third-order valence-corrected chi connectivity index (χ3v) is 4.27. The van der Waals surface area contributed by atoms with Crippen LogP contribution in [0.1, 0.15) is 36.0 Å². The molecule has 0 bridgehead atoms. The number of rotatable bonds is 2. The molecule has 21 heavy (non-hydrogen) atoms. The van der Waals surface area contributed by atoms with Gasteiger partial charge in [0.15, 0.2) is 0 Å². The van der Waals surface area contributed by atoms with E-state index in [1.165, 1.54) is 12.3 Å². The number of hydrogen-bond donors (Lipinski definition) is 1. The van der Waals surface area contributed by atoms with Crippen molar-refractivity contribution in [3.63, 3.8) is 0 Å². The van der Waals surface area contributed by atoms with Crippen LogP contribution in [0.5, 0.6) is 0 Å². The molecule has 1 aliphatic rings. The van der Waals surface area contributed by atoms with Crippen molar-refractivity contribution in [3.05, 3.63) is 28.0 Å². The SMILES string of the molecule is O=C(NC1CCC(C(F)(F)F)CC1)c1cnc(Cl)c(Cl)c1. The fourth-order valence-electron chi connectivity index (χ4n) is 2.38. The van der Waals surface area contributed by atoms with Crippen molar-refractivity contribution in [1.82, 2.24) is 10.3 Å². The molecule has 0 unspecified atom stereocenters. The molecular formula is C13H13Cl2F3N2O. The van der Waals surface area contributed by atoms with E-state index in [1.807, 2.05) is 0 Å². The number of nitrogens with zero attached hydrogens (tertiary/aromatic N) is 1. The second kappa shape index (κ2) is 6.40. The first-order chi connectivity index (χ1) is 9.77. The van der Waals surface area contributed by atoms with Crippen LogP contribution in [0.3, 0.4) is 0 Å². The first kappa shape index (κ1) is 16.4. The number of pyridine rings is 1. The molecule has 0 aromatic carbocycles. The molecule has 3 nitrogen and oxygen atoms in total. The summed E-state index contributed by atoms with van der Waals surface area (Å²) < 4.78 is 37.7. The van der Waals surface area contributed by atoms with Crippen molar-refractivity contribution < 1.29 is 18.0 Å². The highest BCUT2D eigenvalue weighted by Gasteiger charge is 2.41. The van der Waals surface area contributed by atoms with E-state index in [0.717, 1.165) is 0 Å². The van der Waals surface area contributed by atoms with Crippen molar-refractivity contribution in [3.8, 4) is 0 Å². The number of amides is 1. The normalized spacial score (nSPS) is 22.9.